The number of methoxy groups -OCH3 is 1. The lowest BCUT2D eigenvalue weighted by atomic mass is 10.0. The maximum Gasteiger partial charge on any atom is 0.328 e. The van der Waals surface area contributed by atoms with E-state index in [1.165, 1.54) is 24.4 Å². The number of ether oxygens (including phenoxy) is 1. The van der Waals surface area contributed by atoms with Gasteiger partial charge in [0.05, 0.1) is 12.4 Å². The molecular formula is C22H24N2O3S. The van der Waals surface area contributed by atoms with Crippen LogP contribution in [0.15, 0.2) is 59.6 Å². The number of aryl methyl sites for hydroxylation is 1. The molecule has 5 nitrogen and oxygen atoms in total. The highest BCUT2D eigenvalue weighted by Gasteiger charge is 2.26. The van der Waals surface area contributed by atoms with Crippen LogP contribution in [-0.2, 0) is 20.7 Å². The van der Waals surface area contributed by atoms with Gasteiger partial charge in [0.1, 0.15) is 6.04 Å². The molecule has 146 valence electrons. The average molecular weight is 397 g/mol. The molecule has 3 aromatic rings. The number of amides is 1. The van der Waals surface area contributed by atoms with Gasteiger partial charge in [0.2, 0.25) is 5.91 Å². The predicted octanol–water partition coefficient (Wildman–Crippen LogP) is 3.86. The van der Waals surface area contributed by atoms with Crippen LogP contribution in [-0.4, -0.2) is 35.3 Å². The molecule has 2 N–H and O–H groups in total. The zero-order chi connectivity index (χ0) is 20.1. The van der Waals surface area contributed by atoms with Crippen LogP contribution < -0.4 is 5.32 Å². The van der Waals surface area contributed by atoms with Crippen LogP contribution in [0.3, 0.4) is 0 Å². The van der Waals surface area contributed by atoms with Gasteiger partial charge in [-0.1, -0.05) is 35.9 Å². The lowest BCUT2D eigenvalue weighted by Gasteiger charge is -2.19. The highest BCUT2D eigenvalue weighted by molar-refractivity contribution is 8.00. The van der Waals surface area contributed by atoms with E-state index in [0.717, 1.165) is 21.4 Å². The van der Waals surface area contributed by atoms with Gasteiger partial charge in [-0.25, -0.2) is 4.79 Å². The summed E-state index contributed by atoms with van der Waals surface area (Å²) in [7, 11) is 1.33. The van der Waals surface area contributed by atoms with Crippen LogP contribution >= 0.6 is 11.8 Å². The summed E-state index contributed by atoms with van der Waals surface area (Å²) < 4.78 is 4.91. The third kappa shape index (κ3) is 4.75. The van der Waals surface area contributed by atoms with Gasteiger partial charge < -0.3 is 15.0 Å². The van der Waals surface area contributed by atoms with E-state index in [1.54, 1.807) is 0 Å². The first kappa shape index (κ1) is 20.0. The Morgan fingerprint density at radius 1 is 1.14 bits per heavy atom. The molecule has 1 amide bonds. The van der Waals surface area contributed by atoms with Crippen molar-refractivity contribution in [3.05, 3.63) is 65.9 Å². The van der Waals surface area contributed by atoms with Gasteiger partial charge >= 0.3 is 5.97 Å². The zero-order valence-electron chi connectivity index (χ0n) is 16.2. The van der Waals surface area contributed by atoms with Crippen LogP contribution in [0, 0.1) is 6.92 Å². The second-order valence-electron chi connectivity index (χ2n) is 6.72. The molecule has 0 radical (unpaired) electrons. The molecule has 28 heavy (non-hydrogen) atoms. The largest absolute Gasteiger partial charge is 0.467 e. The van der Waals surface area contributed by atoms with Crippen molar-refractivity contribution < 1.29 is 14.3 Å². The molecule has 0 fully saturated rings. The van der Waals surface area contributed by atoms with E-state index in [0.29, 0.717) is 6.42 Å². The van der Waals surface area contributed by atoms with Crippen molar-refractivity contribution in [1.82, 2.24) is 10.3 Å². The van der Waals surface area contributed by atoms with Crippen LogP contribution in [0.25, 0.3) is 10.9 Å². The van der Waals surface area contributed by atoms with E-state index < -0.39 is 12.0 Å². The minimum Gasteiger partial charge on any atom is -0.467 e. The van der Waals surface area contributed by atoms with Gasteiger partial charge in [0.25, 0.3) is 0 Å². The first-order chi connectivity index (χ1) is 13.5. The van der Waals surface area contributed by atoms with Crippen molar-refractivity contribution in [3.63, 3.8) is 0 Å². The van der Waals surface area contributed by atoms with Crippen LogP contribution in [0.5, 0.6) is 0 Å². The molecule has 0 saturated heterocycles. The number of aromatic amines is 1. The Labute approximate surface area is 168 Å². The summed E-state index contributed by atoms with van der Waals surface area (Å²) in [5.41, 5.74) is 3.13. The Kier molecular flexibility index (Phi) is 6.41. The van der Waals surface area contributed by atoms with Gasteiger partial charge in [0, 0.05) is 28.4 Å². The SMILES string of the molecule is COC(=O)C(Cc1c[nH]c2ccccc12)NC(=O)C(C)Sc1ccc(C)cc1. The fourth-order valence-corrected chi connectivity index (χ4v) is 3.90. The molecule has 1 heterocycles. The number of H-pyrrole nitrogens is 1. The van der Waals surface area contributed by atoms with Crippen LogP contribution in [0.2, 0.25) is 0 Å². The summed E-state index contributed by atoms with van der Waals surface area (Å²) in [5.74, 6) is -0.646. The van der Waals surface area contributed by atoms with Gasteiger partial charge in [-0.15, -0.1) is 11.8 Å². The number of hydrogen-bond acceptors (Lipinski definition) is 4. The number of fused-ring (bicyclic) bond motifs is 1. The molecule has 2 unspecified atom stereocenters. The molecule has 3 rings (SSSR count). The van der Waals surface area contributed by atoms with E-state index in [2.05, 4.69) is 10.3 Å². The van der Waals surface area contributed by atoms with Crippen LogP contribution in [0.4, 0.5) is 0 Å². The van der Waals surface area contributed by atoms with Gasteiger partial charge in [0.15, 0.2) is 0 Å². The number of carbonyl (C=O) groups is 2. The molecule has 0 saturated carbocycles. The second kappa shape index (κ2) is 8.97. The van der Waals surface area contributed by atoms with E-state index >= 15 is 0 Å². The summed E-state index contributed by atoms with van der Waals surface area (Å²) in [4.78, 5) is 29.2. The average Bonchev–Trinajstić information content (AvgIpc) is 3.11. The maximum absolute atomic E-state index is 12.7. The number of esters is 1. The molecule has 0 bridgehead atoms. The standard InChI is InChI=1S/C22H24N2O3S/c1-14-8-10-17(11-9-14)28-15(2)21(25)24-20(22(26)27-3)12-16-13-23-19-7-5-4-6-18(16)19/h4-11,13,15,20,23H,12H2,1-3H3,(H,24,25). The first-order valence-corrected chi connectivity index (χ1v) is 10.0. The number of aromatic nitrogens is 1. The number of carbonyl (C=O) groups excluding carboxylic acids is 2. The number of nitrogens with one attached hydrogen (secondary N) is 2. The number of hydrogen-bond donors (Lipinski definition) is 2. The third-order valence-electron chi connectivity index (χ3n) is 4.60. The van der Waals surface area contributed by atoms with Gasteiger partial charge in [-0.2, -0.15) is 0 Å². The number of thioether (sulfide) groups is 1. The van der Waals surface area contributed by atoms with Crippen LogP contribution in [0.1, 0.15) is 18.1 Å². The molecule has 2 aromatic carbocycles. The summed E-state index contributed by atoms with van der Waals surface area (Å²) in [6, 6.07) is 15.2. The molecule has 0 aliphatic carbocycles. The van der Waals surface area contributed by atoms with Crippen molar-refractivity contribution >= 4 is 34.5 Å². The Morgan fingerprint density at radius 3 is 2.57 bits per heavy atom. The van der Waals surface area contributed by atoms with Gasteiger partial charge in [-0.05, 0) is 37.6 Å². The minimum atomic E-state index is -0.738. The summed E-state index contributed by atoms with van der Waals surface area (Å²) in [6.07, 6.45) is 2.24. The van der Waals surface area contributed by atoms with Crippen molar-refractivity contribution in [3.8, 4) is 0 Å². The maximum atomic E-state index is 12.7. The Bertz CT molecular complexity index is 965. The third-order valence-corrected chi connectivity index (χ3v) is 5.72. The topological polar surface area (TPSA) is 71.2 Å². The van der Waals surface area contributed by atoms with Crippen molar-refractivity contribution in [2.45, 2.75) is 36.5 Å². The fourth-order valence-electron chi connectivity index (χ4n) is 3.02. The zero-order valence-corrected chi connectivity index (χ0v) is 17.0. The first-order valence-electron chi connectivity index (χ1n) is 9.14. The van der Waals surface area contributed by atoms with E-state index in [4.69, 9.17) is 4.74 Å². The van der Waals surface area contributed by atoms with Crippen molar-refractivity contribution in [2.75, 3.05) is 7.11 Å². The Morgan fingerprint density at radius 2 is 1.86 bits per heavy atom. The van der Waals surface area contributed by atoms with Crippen molar-refractivity contribution in [1.29, 1.82) is 0 Å². The summed E-state index contributed by atoms with van der Waals surface area (Å²) >= 11 is 1.46. The lowest BCUT2D eigenvalue weighted by molar-refractivity contribution is -0.144. The summed E-state index contributed by atoms with van der Waals surface area (Å²) in [6.45, 7) is 3.86. The Hall–Kier alpha value is -2.73. The fraction of sp³-hybridized carbons (Fsp3) is 0.273. The monoisotopic (exact) mass is 396 g/mol. The molecule has 2 atom stereocenters. The highest BCUT2D eigenvalue weighted by atomic mass is 32.2. The van der Waals surface area contributed by atoms with Gasteiger partial charge in [-0.3, -0.25) is 4.79 Å². The second-order valence-corrected chi connectivity index (χ2v) is 8.14. The molecule has 6 heteroatoms. The molecular weight excluding hydrogens is 372 g/mol. The normalized spacial score (nSPS) is 13.1. The lowest BCUT2D eigenvalue weighted by Crippen LogP contribution is -2.45. The Balaban J connectivity index is 1.70. The minimum absolute atomic E-state index is 0.194. The number of benzene rings is 2. The smallest absolute Gasteiger partial charge is 0.328 e. The molecule has 0 aliphatic heterocycles. The summed E-state index contributed by atoms with van der Waals surface area (Å²) in [5, 5.41) is 3.55. The highest BCUT2D eigenvalue weighted by Crippen LogP contribution is 2.24. The van der Waals surface area contributed by atoms with E-state index in [9.17, 15) is 9.59 Å². The van der Waals surface area contributed by atoms with E-state index in [1.807, 2.05) is 68.6 Å². The molecule has 0 aliphatic rings. The quantitative estimate of drug-likeness (QED) is 0.470. The predicted molar refractivity (Wildman–Crippen MR) is 112 cm³/mol. The van der Waals surface area contributed by atoms with Crippen molar-refractivity contribution in [2.24, 2.45) is 0 Å². The number of rotatable bonds is 7. The molecule has 1 aromatic heterocycles. The molecule has 0 spiro atoms. The number of para-hydroxylation sites is 1. The van der Waals surface area contributed by atoms with E-state index in [-0.39, 0.29) is 11.2 Å².